The van der Waals surface area contributed by atoms with Crippen molar-refractivity contribution in [1.29, 1.82) is 0 Å². The summed E-state index contributed by atoms with van der Waals surface area (Å²) in [6.45, 7) is 2.26. The fraction of sp³-hybridized carbons (Fsp3) is 0.706. The van der Waals surface area contributed by atoms with Crippen LogP contribution in [0.4, 0.5) is 0 Å². The van der Waals surface area contributed by atoms with Gasteiger partial charge in [-0.05, 0) is 31.9 Å². The molecule has 2 aromatic heterocycles. The zero-order chi connectivity index (χ0) is 17.9. The minimum Gasteiger partial charge on any atom is -0.343 e. The average molecular weight is 376 g/mol. The van der Waals surface area contributed by atoms with Crippen LogP contribution >= 0.6 is 11.8 Å². The Hall–Kier alpha value is -1.90. The lowest BCUT2D eigenvalue weighted by Gasteiger charge is -2.32. The Morgan fingerprint density at radius 3 is 2.69 bits per heavy atom. The molecule has 3 heterocycles. The summed E-state index contributed by atoms with van der Waals surface area (Å²) in [6, 6.07) is 0.528. The molecule has 2 fully saturated rings. The third-order valence-corrected chi connectivity index (χ3v) is 5.82. The minimum absolute atomic E-state index is 0.285. The van der Waals surface area contributed by atoms with E-state index in [0.29, 0.717) is 24.9 Å². The number of nitrogens with zero attached hydrogens (tertiary/aromatic N) is 7. The molecule has 0 bridgehead atoms. The molecule has 9 heteroatoms. The van der Waals surface area contributed by atoms with Crippen LogP contribution in [0.1, 0.15) is 55.7 Å². The van der Waals surface area contributed by atoms with Crippen molar-refractivity contribution in [2.75, 3.05) is 25.1 Å². The van der Waals surface area contributed by atoms with Crippen LogP contribution in [0, 0.1) is 0 Å². The predicted molar refractivity (Wildman–Crippen MR) is 99.0 cm³/mol. The molecule has 4 rings (SSSR count). The van der Waals surface area contributed by atoms with Crippen LogP contribution in [0.2, 0.25) is 0 Å². The molecular formula is C17H25N7OS. The maximum Gasteiger partial charge on any atom is 0.223 e. The van der Waals surface area contributed by atoms with Gasteiger partial charge in [-0.2, -0.15) is 16.9 Å². The first-order chi connectivity index (χ1) is 12.8. The van der Waals surface area contributed by atoms with Crippen LogP contribution in [-0.2, 0) is 11.3 Å². The lowest BCUT2D eigenvalue weighted by molar-refractivity contribution is -0.131. The van der Waals surface area contributed by atoms with Gasteiger partial charge in [-0.3, -0.25) is 4.79 Å². The summed E-state index contributed by atoms with van der Waals surface area (Å²) < 4.78 is 4.12. The summed E-state index contributed by atoms with van der Waals surface area (Å²) >= 11 is 1.73. The Balaban J connectivity index is 1.44. The van der Waals surface area contributed by atoms with Gasteiger partial charge in [-0.15, -0.1) is 10.2 Å². The Labute approximate surface area is 157 Å². The number of likely N-dealkylation sites (tertiary alicyclic amines) is 1. The number of hydrogen-bond acceptors (Lipinski definition) is 6. The molecule has 0 atom stereocenters. The molecule has 0 aromatic carbocycles. The maximum absolute atomic E-state index is 12.2. The number of piperidine rings is 1. The fourth-order valence-corrected chi connectivity index (χ4v) is 4.03. The topological polar surface area (TPSA) is 81.7 Å². The second-order valence-electron chi connectivity index (χ2n) is 7.07. The molecule has 2 aromatic rings. The summed E-state index contributed by atoms with van der Waals surface area (Å²) in [5.41, 5.74) is 0. The lowest BCUT2D eigenvalue weighted by atomic mass is 9.95. The number of thioether (sulfide) groups is 1. The highest BCUT2D eigenvalue weighted by Gasteiger charge is 2.34. The smallest absolute Gasteiger partial charge is 0.223 e. The van der Waals surface area contributed by atoms with Gasteiger partial charge in [-0.25, -0.2) is 9.67 Å². The van der Waals surface area contributed by atoms with Crippen molar-refractivity contribution in [2.24, 2.45) is 0 Å². The van der Waals surface area contributed by atoms with Gasteiger partial charge in [0.15, 0.2) is 5.82 Å². The van der Waals surface area contributed by atoms with Gasteiger partial charge in [0.05, 0.1) is 0 Å². The zero-order valence-electron chi connectivity index (χ0n) is 15.1. The SMILES string of the molecule is CSCCC(=O)N1CCC(c2nnc(Cn3cncn3)n2C2CC2)CC1. The molecule has 0 spiro atoms. The quantitative estimate of drug-likeness (QED) is 0.733. The molecule has 1 aliphatic heterocycles. The Kier molecular flexibility index (Phi) is 5.23. The van der Waals surface area contributed by atoms with E-state index in [1.165, 1.54) is 12.8 Å². The van der Waals surface area contributed by atoms with Crippen molar-refractivity contribution in [1.82, 2.24) is 34.4 Å². The van der Waals surface area contributed by atoms with Crippen LogP contribution < -0.4 is 0 Å². The fourth-order valence-electron chi connectivity index (χ4n) is 3.65. The first kappa shape index (κ1) is 17.5. The number of hydrogen-bond donors (Lipinski definition) is 0. The van der Waals surface area contributed by atoms with E-state index in [-0.39, 0.29) is 5.91 Å². The number of rotatable bonds is 7. The Bertz CT molecular complexity index is 732. The van der Waals surface area contributed by atoms with Crippen LogP contribution in [0.5, 0.6) is 0 Å². The second kappa shape index (κ2) is 7.77. The number of amides is 1. The van der Waals surface area contributed by atoms with Gasteiger partial charge in [0.2, 0.25) is 5.91 Å². The summed E-state index contributed by atoms with van der Waals surface area (Å²) in [7, 11) is 0. The van der Waals surface area contributed by atoms with Crippen molar-refractivity contribution < 1.29 is 4.79 Å². The Morgan fingerprint density at radius 2 is 2.04 bits per heavy atom. The minimum atomic E-state index is 0.285. The average Bonchev–Trinajstić information content (AvgIpc) is 3.21. The van der Waals surface area contributed by atoms with Gasteiger partial charge in [0.1, 0.15) is 25.0 Å². The van der Waals surface area contributed by atoms with E-state index in [4.69, 9.17) is 0 Å². The highest BCUT2D eigenvalue weighted by atomic mass is 32.2. The normalized spacial score (nSPS) is 18.4. The van der Waals surface area contributed by atoms with Crippen LogP contribution in [0.15, 0.2) is 12.7 Å². The molecule has 0 unspecified atom stereocenters. The second-order valence-corrected chi connectivity index (χ2v) is 8.05. The van der Waals surface area contributed by atoms with E-state index in [9.17, 15) is 4.79 Å². The van der Waals surface area contributed by atoms with Crippen LogP contribution in [-0.4, -0.2) is 65.4 Å². The maximum atomic E-state index is 12.2. The van der Waals surface area contributed by atoms with Gasteiger partial charge in [0.25, 0.3) is 0 Å². The molecule has 26 heavy (non-hydrogen) atoms. The van der Waals surface area contributed by atoms with Crippen molar-refractivity contribution in [3.63, 3.8) is 0 Å². The monoisotopic (exact) mass is 375 g/mol. The van der Waals surface area contributed by atoms with Crippen molar-refractivity contribution in [3.05, 3.63) is 24.3 Å². The largest absolute Gasteiger partial charge is 0.343 e. The summed E-state index contributed by atoms with van der Waals surface area (Å²) in [4.78, 5) is 18.3. The third-order valence-electron chi connectivity index (χ3n) is 5.21. The van der Waals surface area contributed by atoms with Crippen LogP contribution in [0.3, 0.4) is 0 Å². The summed E-state index contributed by atoms with van der Waals surface area (Å²) in [6.07, 6.45) is 10.3. The number of carbonyl (C=O) groups excluding carboxylic acids is 1. The van der Waals surface area contributed by atoms with E-state index in [2.05, 4.69) is 24.8 Å². The van der Waals surface area contributed by atoms with E-state index in [1.807, 2.05) is 11.2 Å². The zero-order valence-corrected chi connectivity index (χ0v) is 15.9. The predicted octanol–water partition coefficient (Wildman–Crippen LogP) is 1.71. The highest BCUT2D eigenvalue weighted by molar-refractivity contribution is 7.98. The highest BCUT2D eigenvalue weighted by Crippen LogP contribution is 2.40. The number of carbonyl (C=O) groups is 1. The van der Waals surface area contributed by atoms with Crippen LogP contribution in [0.25, 0.3) is 0 Å². The summed E-state index contributed by atoms with van der Waals surface area (Å²) in [5, 5.41) is 13.2. The van der Waals surface area contributed by atoms with Gasteiger partial charge in [0, 0.05) is 37.2 Å². The van der Waals surface area contributed by atoms with E-state index < -0.39 is 0 Å². The standard InChI is InChI=1S/C17H25N7OS/c1-26-9-6-16(25)22-7-4-13(5-8-22)17-21-20-15(24(17)14-2-3-14)10-23-12-18-11-19-23/h11-14H,2-10H2,1H3. The molecular weight excluding hydrogens is 350 g/mol. The lowest BCUT2D eigenvalue weighted by Crippen LogP contribution is -2.38. The van der Waals surface area contributed by atoms with Gasteiger partial charge in [-0.1, -0.05) is 0 Å². The third kappa shape index (κ3) is 3.77. The first-order valence-electron chi connectivity index (χ1n) is 9.29. The summed E-state index contributed by atoms with van der Waals surface area (Å²) in [5.74, 6) is 3.64. The van der Waals surface area contributed by atoms with E-state index in [0.717, 1.165) is 43.3 Å². The molecule has 1 saturated carbocycles. The van der Waals surface area contributed by atoms with Gasteiger partial charge >= 0.3 is 0 Å². The van der Waals surface area contributed by atoms with Crippen molar-refractivity contribution in [2.45, 2.75) is 50.6 Å². The van der Waals surface area contributed by atoms with E-state index >= 15 is 0 Å². The number of aromatic nitrogens is 6. The molecule has 0 radical (unpaired) electrons. The first-order valence-corrected chi connectivity index (χ1v) is 10.7. The van der Waals surface area contributed by atoms with Crippen molar-refractivity contribution >= 4 is 17.7 Å². The molecule has 1 amide bonds. The molecule has 140 valence electrons. The molecule has 8 nitrogen and oxygen atoms in total. The molecule has 2 aliphatic rings. The molecule has 1 aliphatic carbocycles. The van der Waals surface area contributed by atoms with Gasteiger partial charge < -0.3 is 9.47 Å². The Morgan fingerprint density at radius 1 is 1.23 bits per heavy atom. The van der Waals surface area contributed by atoms with Crippen molar-refractivity contribution in [3.8, 4) is 0 Å². The molecule has 0 N–H and O–H groups in total. The molecule has 1 saturated heterocycles. The van der Waals surface area contributed by atoms with E-state index in [1.54, 1.807) is 29.1 Å².